The van der Waals surface area contributed by atoms with Crippen molar-refractivity contribution in [2.24, 2.45) is 23.7 Å². The zero-order chi connectivity index (χ0) is 28.9. The lowest BCUT2D eigenvalue weighted by Gasteiger charge is -2.19. The predicted molar refractivity (Wildman–Crippen MR) is 147 cm³/mol. The molecule has 39 heavy (non-hydrogen) atoms. The molecule has 0 spiro atoms. The van der Waals surface area contributed by atoms with E-state index in [4.69, 9.17) is 9.84 Å². The highest BCUT2D eigenvalue weighted by Crippen LogP contribution is 2.42. The molecule has 0 aromatic heterocycles. The number of fused-ring (bicyclic) bond motifs is 1. The van der Waals surface area contributed by atoms with Crippen LogP contribution in [0.15, 0.2) is 24.3 Å². The first-order chi connectivity index (χ1) is 18.6. The maximum Gasteiger partial charge on any atom is 0.306 e. The molecule has 0 bridgehead atoms. The summed E-state index contributed by atoms with van der Waals surface area (Å²) in [5.41, 5.74) is 0. The highest BCUT2D eigenvalue weighted by Gasteiger charge is 2.48. The number of unbranched alkanes of at least 4 members (excludes halogenated alkanes) is 4. The Kier molecular flexibility index (Phi) is 14.7. The maximum absolute atomic E-state index is 11.2. The van der Waals surface area contributed by atoms with Crippen LogP contribution >= 0.6 is 0 Å². The standard InChI is InChI=1S/C15H26O5.C15H24O4/c1-2-3-4-5-10(16)6-7-11-12(8-15(19)20)14(18)9-13(11)17;1-2-3-4-5-10(16)6-7-11-12-8-15(18)19-14(12)9-13(11)17/h6-7,10-14,16-18H,2-5,8-9H2,1H3,(H,19,20);6-7,10-14,16-17H,2-5,8-9H2,1H3/b2*7-6+/t10-,11+,12+,13+,14-;10-,11+,12-,13+,14+/m00/s1. The molecule has 0 radical (unpaired) electrons. The zero-order valence-corrected chi connectivity index (χ0v) is 23.5. The summed E-state index contributed by atoms with van der Waals surface area (Å²) in [6, 6.07) is 0. The molecule has 6 N–H and O–H groups in total. The van der Waals surface area contributed by atoms with E-state index < -0.39 is 48.3 Å². The molecule has 0 amide bonds. The molecule has 10 atom stereocenters. The van der Waals surface area contributed by atoms with Gasteiger partial charge in [-0.15, -0.1) is 0 Å². The van der Waals surface area contributed by atoms with Crippen molar-refractivity contribution in [3.63, 3.8) is 0 Å². The molecule has 2 saturated carbocycles. The number of ether oxygens (including phenoxy) is 1. The van der Waals surface area contributed by atoms with Crippen LogP contribution in [-0.2, 0) is 14.3 Å². The Morgan fingerprint density at radius 2 is 1.41 bits per heavy atom. The SMILES string of the molecule is CCCCC[C@H](O)/C=C/[C@@H]1[C@@H](CC(=O)O)[C@@H](O)C[C@H]1O.CCCCC[C@H](O)/C=C/[C@@H]1[C@@H]2CC(=O)O[C@@H]2C[C@H]1O. The van der Waals surface area contributed by atoms with Gasteiger partial charge in [-0.2, -0.15) is 0 Å². The van der Waals surface area contributed by atoms with Crippen LogP contribution in [0.4, 0.5) is 0 Å². The highest BCUT2D eigenvalue weighted by molar-refractivity contribution is 5.72. The normalized spacial score (nSPS) is 33.7. The molecule has 9 heteroatoms. The lowest BCUT2D eigenvalue weighted by molar-refractivity contribution is -0.142. The molecule has 224 valence electrons. The number of esters is 1. The summed E-state index contributed by atoms with van der Waals surface area (Å²) in [6.07, 6.45) is 12.6. The van der Waals surface area contributed by atoms with Crippen LogP contribution < -0.4 is 0 Å². The van der Waals surface area contributed by atoms with Crippen LogP contribution in [0.2, 0.25) is 0 Å². The Morgan fingerprint density at radius 1 is 0.872 bits per heavy atom. The second-order valence-electron chi connectivity index (χ2n) is 11.4. The number of aliphatic carboxylic acids is 1. The lowest BCUT2D eigenvalue weighted by Crippen LogP contribution is -2.23. The Labute approximate surface area is 232 Å². The minimum absolute atomic E-state index is 0.0581. The van der Waals surface area contributed by atoms with Gasteiger partial charge in [-0.3, -0.25) is 9.59 Å². The number of hydrogen-bond acceptors (Lipinski definition) is 8. The molecule has 3 fully saturated rings. The molecule has 1 saturated heterocycles. The molecular formula is C30H50O9. The average Bonchev–Trinajstić information content (AvgIpc) is 3.45. The van der Waals surface area contributed by atoms with E-state index in [1.165, 1.54) is 0 Å². The molecule has 0 aromatic carbocycles. The van der Waals surface area contributed by atoms with E-state index in [0.29, 0.717) is 19.3 Å². The second-order valence-corrected chi connectivity index (χ2v) is 11.4. The smallest absolute Gasteiger partial charge is 0.306 e. The molecule has 2 aliphatic carbocycles. The zero-order valence-electron chi connectivity index (χ0n) is 23.5. The average molecular weight is 555 g/mol. The number of carbonyl (C=O) groups is 2. The minimum atomic E-state index is -0.981. The first kappa shape index (κ1) is 33.4. The second kappa shape index (κ2) is 17.1. The van der Waals surface area contributed by atoms with E-state index >= 15 is 0 Å². The molecule has 1 aliphatic heterocycles. The Balaban J connectivity index is 0.000000274. The monoisotopic (exact) mass is 554 g/mol. The van der Waals surface area contributed by atoms with Gasteiger partial charge in [0.1, 0.15) is 6.10 Å². The highest BCUT2D eigenvalue weighted by atomic mass is 16.6. The van der Waals surface area contributed by atoms with Crippen LogP contribution in [0.25, 0.3) is 0 Å². The molecule has 0 unspecified atom stereocenters. The molecular weight excluding hydrogens is 504 g/mol. The number of aliphatic hydroxyl groups excluding tert-OH is 5. The van der Waals surface area contributed by atoms with E-state index in [9.17, 15) is 35.1 Å². The van der Waals surface area contributed by atoms with Crippen LogP contribution in [0.1, 0.15) is 90.9 Å². The van der Waals surface area contributed by atoms with Gasteiger partial charge in [0.2, 0.25) is 0 Å². The fraction of sp³-hybridized carbons (Fsp3) is 0.800. The topological polar surface area (TPSA) is 165 Å². The number of carboxylic acids is 1. The minimum Gasteiger partial charge on any atom is -0.481 e. The van der Waals surface area contributed by atoms with E-state index in [1.807, 2.05) is 6.08 Å². The van der Waals surface area contributed by atoms with Crippen molar-refractivity contribution in [3.05, 3.63) is 24.3 Å². The van der Waals surface area contributed by atoms with Crippen LogP contribution in [0, 0.1) is 23.7 Å². The van der Waals surface area contributed by atoms with E-state index in [-0.39, 0.29) is 36.8 Å². The van der Waals surface area contributed by atoms with Crippen molar-refractivity contribution in [1.82, 2.24) is 0 Å². The van der Waals surface area contributed by atoms with Gasteiger partial charge in [0.15, 0.2) is 0 Å². The molecule has 1 heterocycles. The van der Waals surface area contributed by atoms with E-state index in [2.05, 4.69) is 13.8 Å². The Bertz CT molecular complexity index is 797. The summed E-state index contributed by atoms with van der Waals surface area (Å²) in [4.78, 5) is 22.0. The number of rotatable bonds is 14. The predicted octanol–water partition coefficient (Wildman–Crippen LogP) is 3.11. The van der Waals surface area contributed by atoms with Crippen LogP contribution in [-0.4, -0.2) is 79.2 Å². The fourth-order valence-electron chi connectivity index (χ4n) is 5.97. The summed E-state index contributed by atoms with van der Waals surface area (Å²) >= 11 is 0. The molecule has 0 aromatic rings. The molecule has 9 nitrogen and oxygen atoms in total. The number of aliphatic hydroxyl groups is 5. The van der Waals surface area contributed by atoms with Crippen molar-refractivity contribution in [2.75, 3.05) is 0 Å². The van der Waals surface area contributed by atoms with Crippen LogP contribution in [0.5, 0.6) is 0 Å². The summed E-state index contributed by atoms with van der Waals surface area (Å²) in [6.45, 7) is 4.23. The first-order valence-corrected chi connectivity index (χ1v) is 14.7. The van der Waals surface area contributed by atoms with Crippen molar-refractivity contribution in [3.8, 4) is 0 Å². The number of carboxylic acid groups (broad SMARTS) is 1. The summed E-state index contributed by atoms with van der Waals surface area (Å²) in [5, 5.41) is 58.2. The van der Waals surface area contributed by atoms with E-state index in [0.717, 1.165) is 44.9 Å². The molecule has 3 rings (SSSR count). The third kappa shape index (κ3) is 11.0. The summed E-state index contributed by atoms with van der Waals surface area (Å²) in [7, 11) is 0. The van der Waals surface area contributed by atoms with Gasteiger partial charge in [0, 0.05) is 36.5 Å². The van der Waals surface area contributed by atoms with Gasteiger partial charge in [-0.25, -0.2) is 0 Å². The van der Waals surface area contributed by atoms with Crippen LogP contribution in [0.3, 0.4) is 0 Å². The third-order valence-electron chi connectivity index (χ3n) is 8.22. The Hall–Kier alpha value is -1.78. The fourth-order valence-corrected chi connectivity index (χ4v) is 5.97. The number of carbonyl (C=O) groups excluding carboxylic acids is 1. The summed E-state index contributed by atoms with van der Waals surface area (Å²) in [5.74, 6) is -2.00. The number of hydrogen-bond donors (Lipinski definition) is 6. The molecule has 3 aliphatic rings. The van der Waals surface area contributed by atoms with Crippen molar-refractivity contribution in [1.29, 1.82) is 0 Å². The van der Waals surface area contributed by atoms with Crippen molar-refractivity contribution in [2.45, 2.75) is 128 Å². The van der Waals surface area contributed by atoms with Gasteiger partial charge < -0.3 is 35.4 Å². The maximum atomic E-state index is 11.2. The third-order valence-corrected chi connectivity index (χ3v) is 8.22. The van der Waals surface area contributed by atoms with Gasteiger partial charge >= 0.3 is 11.9 Å². The largest absolute Gasteiger partial charge is 0.481 e. The van der Waals surface area contributed by atoms with Crippen molar-refractivity contribution < 1.29 is 45.0 Å². The quantitative estimate of drug-likeness (QED) is 0.107. The van der Waals surface area contributed by atoms with E-state index in [1.54, 1.807) is 18.2 Å². The van der Waals surface area contributed by atoms with Gasteiger partial charge in [0.05, 0.1) is 43.4 Å². The van der Waals surface area contributed by atoms with Gasteiger partial charge in [-0.1, -0.05) is 76.7 Å². The van der Waals surface area contributed by atoms with Gasteiger partial charge in [0.25, 0.3) is 0 Å². The van der Waals surface area contributed by atoms with Gasteiger partial charge in [-0.05, 0) is 12.8 Å². The summed E-state index contributed by atoms with van der Waals surface area (Å²) < 4.78 is 5.18. The first-order valence-electron chi connectivity index (χ1n) is 14.7. The lowest BCUT2D eigenvalue weighted by atomic mass is 9.90. The van der Waals surface area contributed by atoms with Crippen molar-refractivity contribution >= 4 is 11.9 Å². The Morgan fingerprint density at radius 3 is 1.95 bits per heavy atom.